The van der Waals surface area contributed by atoms with Gasteiger partial charge < -0.3 is 0 Å². The summed E-state index contributed by atoms with van der Waals surface area (Å²) in [6.07, 6.45) is 0. The number of tetrazole rings is 1. The zero-order valence-electron chi connectivity index (χ0n) is 4.58. The number of aromatic amines is 1. The van der Waals surface area contributed by atoms with E-state index in [2.05, 4.69) is 20.6 Å². The van der Waals surface area contributed by atoms with Gasteiger partial charge in [0.1, 0.15) is 4.49 Å². The second kappa shape index (κ2) is 3.80. The van der Waals surface area contributed by atoms with Gasteiger partial charge in [0.15, 0.2) is 0 Å². The quantitative estimate of drug-likeness (QED) is 0.731. The molecule has 1 aromatic rings. The average molecular weight is 197 g/mol. The third kappa shape index (κ3) is 2.55. The molecule has 0 aromatic carbocycles. The molecule has 1 rings (SSSR count). The second-order valence-corrected chi connectivity index (χ2v) is 3.06. The average Bonchev–Trinajstić information content (AvgIpc) is 2.34. The lowest BCUT2D eigenvalue weighted by Gasteiger charge is -1.81. The van der Waals surface area contributed by atoms with Crippen molar-refractivity contribution in [2.24, 2.45) is 0 Å². The monoisotopic (exact) mass is 196 g/mol. The summed E-state index contributed by atoms with van der Waals surface area (Å²) >= 11 is 11.8. The van der Waals surface area contributed by atoms with E-state index in [0.717, 1.165) is 0 Å². The van der Waals surface area contributed by atoms with Crippen LogP contribution in [-0.4, -0.2) is 20.6 Å². The van der Waals surface area contributed by atoms with Crippen LogP contribution >= 0.6 is 35.0 Å². The minimum Gasteiger partial charge on any atom is -0.176 e. The number of thioether (sulfide) groups is 1. The Labute approximate surface area is 71.0 Å². The summed E-state index contributed by atoms with van der Waals surface area (Å²) in [6.45, 7) is 0. The molecule has 1 aromatic heterocycles. The zero-order chi connectivity index (χ0) is 7.40. The maximum absolute atomic E-state index is 5.31. The number of aromatic nitrogens is 4. The topological polar surface area (TPSA) is 54.5 Å². The summed E-state index contributed by atoms with van der Waals surface area (Å²) in [7, 11) is 0. The Morgan fingerprint density at radius 1 is 1.60 bits per heavy atom. The van der Waals surface area contributed by atoms with E-state index in [1.807, 2.05) is 0 Å². The molecule has 54 valence electrons. The Bertz CT molecular complexity index is 216. The highest BCUT2D eigenvalue weighted by Crippen LogP contribution is 2.18. The van der Waals surface area contributed by atoms with Crippen LogP contribution < -0.4 is 0 Å². The standard InChI is InChI=1S/C3H2Cl2N4S/c4-2(5)1-10-3-6-8-9-7-3/h1H,(H,6,7,8,9). The van der Waals surface area contributed by atoms with Gasteiger partial charge in [-0.3, -0.25) is 0 Å². The first-order valence-corrected chi connectivity index (χ1v) is 3.84. The minimum absolute atomic E-state index is 0.176. The molecular weight excluding hydrogens is 195 g/mol. The Kier molecular flexibility index (Phi) is 2.98. The lowest BCUT2D eigenvalue weighted by Crippen LogP contribution is -1.69. The van der Waals surface area contributed by atoms with Gasteiger partial charge in [-0.1, -0.05) is 35.0 Å². The van der Waals surface area contributed by atoms with Crippen molar-refractivity contribution in [1.82, 2.24) is 20.6 Å². The van der Waals surface area contributed by atoms with E-state index in [9.17, 15) is 0 Å². The maximum Gasteiger partial charge on any atom is 0.235 e. The molecule has 0 fully saturated rings. The van der Waals surface area contributed by atoms with Crippen LogP contribution in [0.3, 0.4) is 0 Å². The number of H-pyrrole nitrogens is 1. The highest BCUT2D eigenvalue weighted by molar-refractivity contribution is 8.02. The van der Waals surface area contributed by atoms with Crippen molar-refractivity contribution in [2.45, 2.75) is 5.16 Å². The van der Waals surface area contributed by atoms with Gasteiger partial charge in [-0.2, -0.15) is 5.21 Å². The van der Waals surface area contributed by atoms with Crippen LogP contribution in [0.4, 0.5) is 0 Å². The molecule has 0 saturated heterocycles. The molecule has 0 unspecified atom stereocenters. The lowest BCUT2D eigenvalue weighted by atomic mass is 11.2. The van der Waals surface area contributed by atoms with Crippen LogP contribution in [0.1, 0.15) is 0 Å². The van der Waals surface area contributed by atoms with E-state index in [0.29, 0.717) is 5.16 Å². The molecule has 4 nitrogen and oxygen atoms in total. The molecular formula is C3H2Cl2N4S. The van der Waals surface area contributed by atoms with Crippen molar-refractivity contribution in [3.63, 3.8) is 0 Å². The second-order valence-electron chi connectivity index (χ2n) is 1.22. The Balaban J connectivity index is 2.49. The van der Waals surface area contributed by atoms with Crippen molar-refractivity contribution in [3.8, 4) is 0 Å². The Hall–Kier alpha value is -0.260. The van der Waals surface area contributed by atoms with E-state index in [-0.39, 0.29) is 4.49 Å². The van der Waals surface area contributed by atoms with Crippen molar-refractivity contribution < 1.29 is 0 Å². The molecule has 0 aliphatic carbocycles. The number of hydrogen-bond donors (Lipinski definition) is 1. The van der Waals surface area contributed by atoms with Crippen molar-refractivity contribution in [3.05, 3.63) is 9.90 Å². The maximum atomic E-state index is 5.31. The molecule has 0 aliphatic heterocycles. The summed E-state index contributed by atoms with van der Waals surface area (Å²) in [6, 6.07) is 0. The molecule has 0 atom stereocenters. The van der Waals surface area contributed by atoms with Gasteiger partial charge in [0.2, 0.25) is 5.16 Å². The van der Waals surface area contributed by atoms with Crippen LogP contribution in [-0.2, 0) is 0 Å². The van der Waals surface area contributed by atoms with Gasteiger partial charge in [0.25, 0.3) is 0 Å². The largest absolute Gasteiger partial charge is 0.235 e. The van der Waals surface area contributed by atoms with Crippen molar-refractivity contribution >= 4 is 35.0 Å². The van der Waals surface area contributed by atoms with Gasteiger partial charge in [-0.15, -0.1) is 10.2 Å². The number of nitrogens with zero attached hydrogens (tertiary/aromatic N) is 3. The molecule has 0 aliphatic rings. The molecule has 0 bridgehead atoms. The first kappa shape index (κ1) is 7.84. The van der Waals surface area contributed by atoms with Crippen LogP contribution in [0, 0.1) is 0 Å². The summed E-state index contributed by atoms with van der Waals surface area (Å²) in [5.41, 5.74) is 0. The molecule has 10 heavy (non-hydrogen) atoms. The number of nitrogens with one attached hydrogen (secondary N) is 1. The molecule has 1 N–H and O–H groups in total. The van der Waals surface area contributed by atoms with Crippen LogP contribution in [0.5, 0.6) is 0 Å². The highest BCUT2D eigenvalue weighted by Gasteiger charge is 1.94. The predicted octanol–water partition coefficient (Wildman–Crippen LogP) is 1.57. The van der Waals surface area contributed by atoms with Crippen LogP contribution in [0.2, 0.25) is 0 Å². The van der Waals surface area contributed by atoms with Gasteiger partial charge in [0, 0.05) is 5.41 Å². The SMILES string of the molecule is ClC(Cl)=CSc1nn[nH]n1. The fraction of sp³-hybridized carbons (Fsp3) is 0. The van der Waals surface area contributed by atoms with Gasteiger partial charge in [-0.25, -0.2) is 0 Å². The van der Waals surface area contributed by atoms with Crippen LogP contribution in [0.25, 0.3) is 0 Å². The summed E-state index contributed by atoms with van der Waals surface area (Å²) in [5, 5.41) is 14.9. The van der Waals surface area contributed by atoms with E-state index < -0.39 is 0 Å². The first-order chi connectivity index (χ1) is 4.79. The third-order valence-corrected chi connectivity index (χ3v) is 1.79. The summed E-state index contributed by atoms with van der Waals surface area (Å²) < 4.78 is 0.176. The number of rotatable bonds is 2. The summed E-state index contributed by atoms with van der Waals surface area (Å²) in [4.78, 5) is 0. The fourth-order valence-corrected chi connectivity index (χ4v) is 0.943. The van der Waals surface area contributed by atoms with Gasteiger partial charge in [-0.05, 0) is 5.21 Å². The van der Waals surface area contributed by atoms with E-state index in [1.54, 1.807) is 0 Å². The fourth-order valence-electron chi connectivity index (χ4n) is 0.300. The predicted molar refractivity (Wildman–Crippen MR) is 39.8 cm³/mol. The van der Waals surface area contributed by atoms with Crippen molar-refractivity contribution in [1.29, 1.82) is 0 Å². The molecule has 0 saturated carbocycles. The van der Waals surface area contributed by atoms with Crippen molar-refractivity contribution in [2.75, 3.05) is 0 Å². The molecule has 0 spiro atoms. The molecule has 0 radical (unpaired) electrons. The molecule has 1 heterocycles. The smallest absolute Gasteiger partial charge is 0.176 e. The lowest BCUT2D eigenvalue weighted by molar-refractivity contribution is 0.881. The Morgan fingerprint density at radius 3 is 2.90 bits per heavy atom. The third-order valence-electron chi connectivity index (χ3n) is 0.579. The molecule has 7 heteroatoms. The number of halogens is 2. The minimum atomic E-state index is 0.176. The highest BCUT2D eigenvalue weighted by atomic mass is 35.5. The number of hydrogen-bond acceptors (Lipinski definition) is 4. The van der Waals surface area contributed by atoms with E-state index in [4.69, 9.17) is 23.2 Å². The summed E-state index contributed by atoms with van der Waals surface area (Å²) in [5.74, 6) is 0. The molecule has 0 amide bonds. The van der Waals surface area contributed by atoms with Crippen LogP contribution in [0.15, 0.2) is 15.1 Å². The Morgan fingerprint density at radius 2 is 2.40 bits per heavy atom. The van der Waals surface area contributed by atoms with Gasteiger partial charge in [0.05, 0.1) is 0 Å². The zero-order valence-corrected chi connectivity index (χ0v) is 6.91. The van der Waals surface area contributed by atoms with E-state index >= 15 is 0 Å². The first-order valence-electron chi connectivity index (χ1n) is 2.20. The van der Waals surface area contributed by atoms with Gasteiger partial charge >= 0.3 is 0 Å². The normalized spacial score (nSPS) is 9.40. The van der Waals surface area contributed by atoms with E-state index in [1.165, 1.54) is 17.2 Å².